The first-order valence-corrected chi connectivity index (χ1v) is 4.58. The number of rotatable bonds is 1. The van der Waals surface area contributed by atoms with Gasteiger partial charge in [0.1, 0.15) is 6.04 Å². The first-order chi connectivity index (χ1) is 6.27. The van der Waals surface area contributed by atoms with Crippen molar-refractivity contribution in [1.29, 1.82) is 0 Å². The van der Waals surface area contributed by atoms with Gasteiger partial charge in [-0.15, -0.1) is 0 Å². The second-order valence-corrected chi connectivity index (χ2v) is 3.63. The lowest BCUT2D eigenvalue weighted by Crippen LogP contribution is -2.47. The predicted octanol–water partition coefficient (Wildman–Crippen LogP) is 0.791. The Hall–Kier alpha value is -1.09. The summed E-state index contributed by atoms with van der Waals surface area (Å²) in [6, 6.07) is -0.364. The van der Waals surface area contributed by atoms with Crippen LogP contribution in [-0.4, -0.2) is 23.7 Å². The summed E-state index contributed by atoms with van der Waals surface area (Å²) in [4.78, 5) is 10.7. The molecule has 3 unspecified atom stereocenters. The Morgan fingerprint density at radius 3 is 2.69 bits per heavy atom. The van der Waals surface area contributed by atoms with E-state index in [0.29, 0.717) is 18.3 Å². The molecular formula is C10H13NO2. The van der Waals surface area contributed by atoms with E-state index in [9.17, 15) is 4.79 Å². The van der Waals surface area contributed by atoms with Gasteiger partial charge in [-0.2, -0.15) is 0 Å². The van der Waals surface area contributed by atoms with Gasteiger partial charge in [-0.3, -0.25) is 4.79 Å². The topological polar surface area (TPSA) is 49.3 Å². The van der Waals surface area contributed by atoms with E-state index in [0.717, 1.165) is 6.54 Å². The summed E-state index contributed by atoms with van der Waals surface area (Å²) >= 11 is 0. The summed E-state index contributed by atoms with van der Waals surface area (Å²) in [5.74, 6) is 0.161. The number of aliphatic carboxylic acids is 1. The number of nitrogens with one attached hydrogen (secondary N) is 1. The molecule has 1 saturated heterocycles. The fraction of sp³-hybridized carbons (Fsp3) is 0.500. The van der Waals surface area contributed by atoms with Crippen LogP contribution in [0.15, 0.2) is 24.3 Å². The van der Waals surface area contributed by atoms with Crippen LogP contribution in [0, 0.1) is 11.8 Å². The Labute approximate surface area is 77.1 Å². The first kappa shape index (κ1) is 8.51. The smallest absolute Gasteiger partial charge is 0.320 e. The summed E-state index contributed by atoms with van der Waals surface area (Å²) in [6.45, 7) is 0.780. The highest BCUT2D eigenvalue weighted by Crippen LogP contribution is 2.27. The number of piperidine rings is 1. The van der Waals surface area contributed by atoms with E-state index in [1.807, 2.05) is 12.2 Å². The Morgan fingerprint density at radius 2 is 2.00 bits per heavy atom. The second-order valence-electron chi connectivity index (χ2n) is 3.63. The standard InChI is InChI=1S/C10H13NO2/c12-10(13)9-5-7-3-1-2-4-8(7)6-11-9/h1-4,7-9,11H,5-6H2,(H,12,13). The summed E-state index contributed by atoms with van der Waals surface area (Å²) in [7, 11) is 0. The molecule has 0 bridgehead atoms. The van der Waals surface area contributed by atoms with Crippen molar-refractivity contribution in [3.63, 3.8) is 0 Å². The maximum Gasteiger partial charge on any atom is 0.320 e. The number of carboxylic acids is 1. The maximum absolute atomic E-state index is 10.7. The molecule has 2 N–H and O–H groups in total. The molecule has 70 valence electrons. The molecule has 0 saturated carbocycles. The number of carboxylic acid groups (broad SMARTS) is 1. The molecule has 1 aliphatic heterocycles. The molecule has 0 radical (unpaired) electrons. The Kier molecular flexibility index (Phi) is 2.19. The van der Waals surface area contributed by atoms with Crippen LogP contribution < -0.4 is 5.32 Å². The molecular weight excluding hydrogens is 166 g/mol. The van der Waals surface area contributed by atoms with Crippen molar-refractivity contribution < 1.29 is 9.90 Å². The van der Waals surface area contributed by atoms with E-state index in [1.165, 1.54) is 0 Å². The van der Waals surface area contributed by atoms with Gasteiger partial charge in [-0.1, -0.05) is 24.3 Å². The van der Waals surface area contributed by atoms with E-state index >= 15 is 0 Å². The minimum atomic E-state index is -0.735. The highest BCUT2D eigenvalue weighted by atomic mass is 16.4. The highest BCUT2D eigenvalue weighted by molar-refractivity contribution is 5.73. The number of hydrogen-bond acceptors (Lipinski definition) is 2. The molecule has 0 spiro atoms. The van der Waals surface area contributed by atoms with Gasteiger partial charge >= 0.3 is 5.97 Å². The summed E-state index contributed by atoms with van der Waals surface area (Å²) < 4.78 is 0. The van der Waals surface area contributed by atoms with Crippen LogP contribution in [0.25, 0.3) is 0 Å². The molecule has 0 aromatic rings. The zero-order valence-corrected chi connectivity index (χ0v) is 7.31. The summed E-state index contributed by atoms with van der Waals surface area (Å²) in [5.41, 5.74) is 0. The van der Waals surface area contributed by atoms with Crippen LogP contribution in [0.5, 0.6) is 0 Å². The zero-order valence-electron chi connectivity index (χ0n) is 7.31. The van der Waals surface area contributed by atoms with Crippen LogP contribution >= 0.6 is 0 Å². The fourth-order valence-corrected chi connectivity index (χ4v) is 1.99. The lowest BCUT2D eigenvalue weighted by molar-refractivity contribution is -0.140. The predicted molar refractivity (Wildman–Crippen MR) is 49.3 cm³/mol. The monoisotopic (exact) mass is 179 g/mol. The number of allylic oxidation sites excluding steroid dienone is 3. The van der Waals surface area contributed by atoms with Crippen LogP contribution in [0.4, 0.5) is 0 Å². The van der Waals surface area contributed by atoms with Gasteiger partial charge in [-0.25, -0.2) is 0 Å². The second kappa shape index (κ2) is 3.34. The average molecular weight is 179 g/mol. The molecule has 3 atom stereocenters. The van der Waals surface area contributed by atoms with E-state index in [1.54, 1.807) is 0 Å². The molecule has 13 heavy (non-hydrogen) atoms. The summed E-state index contributed by atoms with van der Waals surface area (Å²) in [5, 5.41) is 11.9. The quantitative estimate of drug-likeness (QED) is 0.625. The van der Waals surface area contributed by atoms with Crippen LogP contribution in [0.2, 0.25) is 0 Å². The van der Waals surface area contributed by atoms with E-state index in [-0.39, 0.29) is 6.04 Å². The molecule has 1 fully saturated rings. The van der Waals surface area contributed by atoms with E-state index in [4.69, 9.17) is 5.11 Å². The molecule has 0 amide bonds. The normalized spacial score (nSPS) is 37.1. The largest absolute Gasteiger partial charge is 0.480 e. The van der Waals surface area contributed by atoms with Crippen molar-refractivity contribution in [3.05, 3.63) is 24.3 Å². The van der Waals surface area contributed by atoms with Gasteiger partial charge in [0.05, 0.1) is 0 Å². The van der Waals surface area contributed by atoms with Gasteiger partial charge in [0.2, 0.25) is 0 Å². The molecule has 0 aromatic heterocycles. The number of carbonyl (C=O) groups is 1. The molecule has 1 aliphatic carbocycles. The fourth-order valence-electron chi connectivity index (χ4n) is 1.99. The van der Waals surface area contributed by atoms with Gasteiger partial charge in [-0.05, 0) is 18.3 Å². The third-order valence-corrected chi connectivity index (χ3v) is 2.78. The molecule has 3 heteroatoms. The van der Waals surface area contributed by atoms with Gasteiger partial charge in [0.25, 0.3) is 0 Å². The minimum Gasteiger partial charge on any atom is -0.480 e. The highest BCUT2D eigenvalue weighted by Gasteiger charge is 2.31. The average Bonchev–Trinajstić information content (AvgIpc) is 2.17. The third kappa shape index (κ3) is 1.65. The molecule has 1 heterocycles. The van der Waals surface area contributed by atoms with Crippen molar-refractivity contribution in [2.45, 2.75) is 12.5 Å². The minimum absolute atomic E-state index is 0.364. The van der Waals surface area contributed by atoms with Crippen molar-refractivity contribution in [2.24, 2.45) is 11.8 Å². The Balaban J connectivity index is 2.04. The molecule has 3 nitrogen and oxygen atoms in total. The van der Waals surface area contributed by atoms with Crippen LogP contribution in [-0.2, 0) is 4.79 Å². The van der Waals surface area contributed by atoms with Crippen molar-refractivity contribution in [3.8, 4) is 0 Å². The van der Waals surface area contributed by atoms with E-state index in [2.05, 4.69) is 17.5 Å². The summed E-state index contributed by atoms with van der Waals surface area (Å²) in [6.07, 6.45) is 9.01. The molecule has 2 aliphatic rings. The van der Waals surface area contributed by atoms with Crippen LogP contribution in [0.1, 0.15) is 6.42 Å². The van der Waals surface area contributed by atoms with E-state index < -0.39 is 5.97 Å². The van der Waals surface area contributed by atoms with Crippen molar-refractivity contribution in [2.75, 3.05) is 6.54 Å². The molecule has 2 rings (SSSR count). The van der Waals surface area contributed by atoms with Gasteiger partial charge in [0, 0.05) is 6.54 Å². The molecule has 0 aromatic carbocycles. The first-order valence-electron chi connectivity index (χ1n) is 4.58. The SMILES string of the molecule is O=C(O)C1CC2C=CC=CC2CN1. The van der Waals surface area contributed by atoms with Crippen LogP contribution in [0.3, 0.4) is 0 Å². The van der Waals surface area contributed by atoms with Gasteiger partial charge < -0.3 is 10.4 Å². The Bertz CT molecular complexity index is 270. The third-order valence-electron chi connectivity index (χ3n) is 2.78. The zero-order chi connectivity index (χ0) is 9.26. The van der Waals surface area contributed by atoms with Gasteiger partial charge in [0.15, 0.2) is 0 Å². The van der Waals surface area contributed by atoms with Crippen molar-refractivity contribution >= 4 is 5.97 Å². The number of hydrogen-bond donors (Lipinski definition) is 2. The Morgan fingerprint density at radius 1 is 1.31 bits per heavy atom. The van der Waals surface area contributed by atoms with Crippen molar-refractivity contribution in [1.82, 2.24) is 5.32 Å². The maximum atomic E-state index is 10.7. The number of fused-ring (bicyclic) bond motifs is 1. The lowest BCUT2D eigenvalue weighted by Gasteiger charge is -2.33. The lowest BCUT2D eigenvalue weighted by atomic mass is 9.80.